The summed E-state index contributed by atoms with van der Waals surface area (Å²) >= 11 is 5.28. The molecule has 16 heavy (non-hydrogen) atoms. The Kier molecular flexibility index (Phi) is 4.04. The normalized spacial score (nSPS) is 10.4. The third kappa shape index (κ3) is 2.88. The molecule has 2 aromatic carbocycles. The first kappa shape index (κ1) is 11.7. The quantitative estimate of drug-likeness (QED) is 0.924. The molecule has 0 atom stereocenters. The van der Waals surface area contributed by atoms with Crippen molar-refractivity contribution in [1.29, 1.82) is 0 Å². The van der Waals surface area contributed by atoms with Crippen LogP contribution in [-0.2, 0) is 6.54 Å². The van der Waals surface area contributed by atoms with Crippen LogP contribution in [0.5, 0.6) is 0 Å². The van der Waals surface area contributed by atoms with Gasteiger partial charge in [0.15, 0.2) is 0 Å². The van der Waals surface area contributed by atoms with Crippen molar-refractivity contribution in [1.82, 2.24) is 0 Å². The second-order valence-corrected chi connectivity index (χ2v) is 5.37. The highest BCUT2D eigenvalue weighted by Gasteiger charge is 2.01. The smallest absolute Gasteiger partial charge is 0.0231 e. The zero-order valence-corrected chi connectivity index (χ0v) is 11.1. The molecule has 0 fully saturated rings. The van der Waals surface area contributed by atoms with E-state index in [0.29, 0.717) is 6.54 Å². The molecule has 0 aliphatic rings. The van der Waals surface area contributed by atoms with Gasteiger partial charge in [-0.2, -0.15) is 0 Å². The van der Waals surface area contributed by atoms with Gasteiger partial charge in [0.25, 0.3) is 0 Å². The minimum absolute atomic E-state index is 0.566. The molecule has 2 rings (SSSR count). The first-order valence-electron chi connectivity index (χ1n) is 5.01. The lowest BCUT2D eigenvalue weighted by Crippen LogP contribution is -1.96. The fraction of sp³-hybridized carbons (Fsp3) is 0.0769. The summed E-state index contributed by atoms with van der Waals surface area (Å²) < 4.78 is 1.08. The van der Waals surface area contributed by atoms with E-state index in [9.17, 15) is 0 Å². The Balaban J connectivity index is 2.20. The maximum atomic E-state index is 5.62. The van der Waals surface area contributed by atoms with Crippen LogP contribution >= 0.6 is 27.7 Å². The second kappa shape index (κ2) is 5.53. The van der Waals surface area contributed by atoms with Gasteiger partial charge in [0.2, 0.25) is 0 Å². The number of benzene rings is 2. The molecule has 82 valence electrons. The van der Waals surface area contributed by atoms with Crippen molar-refractivity contribution in [2.75, 3.05) is 0 Å². The number of hydrogen-bond acceptors (Lipinski definition) is 2. The van der Waals surface area contributed by atoms with Crippen molar-refractivity contribution in [2.45, 2.75) is 16.3 Å². The third-order valence-electron chi connectivity index (χ3n) is 2.22. The Labute approximate surface area is 108 Å². The fourth-order valence-corrected chi connectivity index (χ4v) is 2.95. The highest BCUT2D eigenvalue weighted by Crippen LogP contribution is 2.30. The summed E-state index contributed by atoms with van der Waals surface area (Å²) in [7, 11) is 0. The molecule has 0 aliphatic carbocycles. The fourth-order valence-electron chi connectivity index (χ4n) is 1.38. The molecule has 2 N–H and O–H groups in total. The Morgan fingerprint density at radius 2 is 1.75 bits per heavy atom. The van der Waals surface area contributed by atoms with E-state index in [2.05, 4.69) is 46.3 Å². The van der Waals surface area contributed by atoms with Crippen molar-refractivity contribution in [3.05, 3.63) is 58.6 Å². The van der Waals surface area contributed by atoms with Crippen molar-refractivity contribution in [2.24, 2.45) is 5.73 Å². The molecule has 0 unspecified atom stereocenters. The largest absolute Gasteiger partial charge is 0.326 e. The molecule has 0 heterocycles. The SMILES string of the molecule is NCc1ccc(Sc2ccccc2)cc1Br. The highest BCUT2D eigenvalue weighted by molar-refractivity contribution is 9.10. The van der Waals surface area contributed by atoms with Crippen molar-refractivity contribution in [3.8, 4) is 0 Å². The molecule has 3 heteroatoms. The maximum Gasteiger partial charge on any atom is 0.0231 e. The van der Waals surface area contributed by atoms with Crippen molar-refractivity contribution in [3.63, 3.8) is 0 Å². The topological polar surface area (TPSA) is 26.0 Å². The summed E-state index contributed by atoms with van der Waals surface area (Å²) in [5, 5.41) is 0. The zero-order chi connectivity index (χ0) is 11.4. The van der Waals surface area contributed by atoms with E-state index in [0.717, 1.165) is 10.0 Å². The van der Waals surface area contributed by atoms with Crippen molar-refractivity contribution >= 4 is 27.7 Å². The molecule has 0 saturated heterocycles. The monoisotopic (exact) mass is 293 g/mol. The Bertz CT molecular complexity index is 471. The zero-order valence-electron chi connectivity index (χ0n) is 8.69. The van der Waals surface area contributed by atoms with Gasteiger partial charge in [-0.15, -0.1) is 0 Å². The summed E-state index contributed by atoms with van der Waals surface area (Å²) in [5.41, 5.74) is 6.75. The number of hydrogen-bond donors (Lipinski definition) is 1. The Morgan fingerprint density at radius 1 is 1.00 bits per heavy atom. The molecular formula is C13H12BrNS. The lowest BCUT2D eigenvalue weighted by atomic mass is 10.2. The molecule has 0 amide bonds. The van der Waals surface area contributed by atoms with Gasteiger partial charge in [-0.3, -0.25) is 0 Å². The van der Waals surface area contributed by atoms with Crippen LogP contribution in [0.15, 0.2) is 62.8 Å². The summed E-state index contributed by atoms with van der Waals surface area (Å²) in [4.78, 5) is 2.46. The van der Waals surface area contributed by atoms with Crippen LogP contribution in [0.3, 0.4) is 0 Å². The highest BCUT2D eigenvalue weighted by atomic mass is 79.9. The standard InChI is InChI=1S/C13H12BrNS/c14-13-8-12(7-6-10(13)9-15)16-11-4-2-1-3-5-11/h1-8H,9,15H2. The van der Waals surface area contributed by atoms with Gasteiger partial charge in [-0.1, -0.05) is 52.0 Å². The average Bonchev–Trinajstić information content (AvgIpc) is 2.31. The lowest BCUT2D eigenvalue weighted by molar-refractivity contribution is 1.05. The number of nitrogens with two attached hydrogens (primary N) is 1. The summed E-state index contributed by atoms with van der Waals surface area (Å²) in [5.74, 6) is 0. The number of rotatable bonds is 3. The minimum atomic E-state index is 0.566. The molecular weight excluding hydrogens is 282 g/mol. The summed E-state index contributed by atoms with van der Waals surface area (Å²) in [6, 6.07) is 16.6. The van der Waals surface area contributed by atoms with Gasteiger partial charge in [-0.05, 0) is 29.8 Å². The Morgan fingerprint density at radius 3 is 2.38 bits per heavy atom. The van der Waals surface area contributed by atoms with Crippen molar-refractivity contribution < 1.29 is 0 Å². The molecule has 0 aliphatic heterocycles. The van der Waals surface area contributed by atoms with Gasteiger partial charge < -0.3 is 5.73 Å². The summed E-state index contributed by atoms with van der Waals surface area (Å²) in [6.07, 6.45) is 0. The maximum absolute atomic E-state index is 5.62. The van der Waals surface area contributed by atoms with Gasteiger partial charge in [0.1, 0.15) is 0 Å². The van der Waals surface area contributed by atoms with E-state index >= 15 is 0 Å². The molecule has 0 spiro atoms. The predicted octanol–water partition coefficient (Wildman–Crippen LogP) is 4.06. The van der Waals surface area contributed by atoms with E-state index in [1.54, 1.807) is 11.8 Å². The van der Waals surface area contributed by atoms with E-state index < -0.39 is 0 Å². The first-order valence-corrected chi connectivity index (χ1v) is 6.62. The molecule has 0 radical (unpaired) electrons. The van der Waals surface area contributed by atoms with E-state index in [1.807, 2.05) is 18.2 Å². The molecule has 0 aromatic heterocycles. The van der Waals surface area contributed by atoms with Crippen LogP contribution in [0.1, 0.15) is 5.56 Å². The third-order valence-corrected chi connectivity index (χ3v) is 3.96. The molecule has 0 bridgehead atoms. The van der Waals surface area contributed by atoms with Crippen LogP contribution in [0, 0.1) is 0 Å². The van der Waals surface area contributed by atoms with Crippen LogP contribution in [0.4, 0.5) is 0 Å². The van der Waals surface area contributed by atoms with Crippen LogP contribution in [0.25, 0.3) is 0 Å². The molecule has 0 saturated carbocycles. The van der Waals surface area contributed by atoms with E-state index in [-0.39, 0.29) is 0 Å². The summed E-state index contributed by atoms with van der Waals surface area (Å²) in [6.45, 7) is 0.566. The van der Waals surface area contributed by atoms with E-state index in [4.69, 9.17) is 5.73 Å². The van der Waals surface area contributed by atoms with Gasteiger partial charge >= 0.3 is 0 Å². The minimum Gasteiger partial charge on any atom is -0.326 e. The number of halogens is 1. The van der Waals surface area contributed by atoms with E-state index in [1.165, 1.54) is 9.79 Å². The molecule has 1 nitrogen and oxygen atoms in total. The first-order chi connectivity index (χ1) is 7.79. The lowest BCUT2D eigenvalue weighted by Gasteiger charge is -2.05. The predicted molar refractivity (Wildman–Crippen MR) is 72.6 cm³/mol. The van der Waals surface area contributed by atoms with Gasteiger partial charge in [0.05, 0.1) is 0 Å². The van der Waals surface area contributed by atoms with Gasteiger partial charge in [-0.25, -0.2) is 0 Å². The van der Waals surface area contributed by atoms with Crippen LogP contribution < -0.4 is 5.73 Å². The van der Waals surface area contributed by atoms with Crippen LogP contribution in [0.2, 0.25) is 0 Å². The van der Waals surface area contributed by atoms with Crippen LogP contribution in [-0.4, -0.2) is 0 Å². The average molecular weight is 294 g/mol. The Hall–Kier alpha value is -0.770. The van der Waals surface area contributed by atoms with Gasteiger partial charge in [0, 0.05) is 20.8 Å². The second-order valence-electron chi connectivity index (χ2n) is 3.37. The molecule has 2 aromatic rings.